The maximum Gasteiger partial charge on any atom is 0.231 e. The third-order valence-corrected chi connectivity index (χ3v) is 3.94. The van der Waals surface area contributed by atoms with Crippen molar-refractivity contribution in [3.63, 3.8) is 0 Å². The zero-order valence-corrected chi connectivity index (χ0v) is 9.83. The molecule has 0 spiro atoms. The van der Waals surface area contributed by atoms with Crippen molar-refractivity contribution in [1.82, 2.24) is 0 Å². The molecule has 3 nitrogen and oxygen atoms in total. The third kappa shape index (κ3) is 1.51. The Bertz CT molecular complexity index is 455. The van der Waals surface area contributed by atoms with E-state index in [-0.39, 0.29) is 18.2 Å². The second-order valence-electron chi connectivity index (χ2n) is 4.94. The van der Waals surface area contributed by atoms with Crippen LogP contribution in [0.25, 0.3) is 0 Å². The van der Waals surface area contributed by atoms with Gasteiger partial charge in [-0.3, -0.25) is 0 Å². The van der Waals surface area contributed by atoms with E-state index in [2.05, 4.69) is 0 Å². The monoisotopic (exact) mass is 237 g/mol. The smallest absolute Gasteiger partial charge is 0.231 e. The first kappa shape index (κ1) is 10.8. The molecule has 1 atom stereocenters. The van der Waals surface area contributed by atoms with Crippen LogP contribution in [0.2, 0.25) is 0 Å². The van der Waals surface area contributed by atoms with Gasteiger partial charge in [0.1, 0.15) is 6.67 Å². The predicted molar refractivity (Wildman–Crippen MR) is 61.9 cm³/mol. The normalized spacial score (nSPS) is 21.4. The SMILES string of the molecule is CC(N)C1(c2cc3c(cc2CF)OCO3)CC1. The van der Waals surface area contributed by atoms with Crippen LogP contribution >= 0.6 is 0 Å². The standard InChI is InChI=1S/C13H16FNO2/c1-8(15)13(2-3-13)10-5-12-11(16-7-17-12)4-9(10)6-14/h4-5,8H,2-3,6-7,15H2,1H3. The highest BCUT2D eigenvalue weighted by Crippen LogP contribution is 2.53. The number of rotatable bonds is 3. The highest BCUT2D eigenvalue weighted by atomic mass is 19.1. The molecule has 1 saturated carbocycles. The lowest BCUT2D eigenvalue weighted by molar-refractivity contribution is 0.174. The maximum atomic E-state index is 13.1. The highest BCUT2D eigenvalue weighted by molar-refractivity contribution is 5.53. The summed E-state index contributed by atoms with van der Waals surface area (Å²) in [4.78, 5) is 0. The molecule has 1 fully saturated rings. The second-order valence-corrected chi connectivity index (χ2v) is 4.94. The zero-order valence-electron chi connectivity index (χ0n) is 9.83. The molecule has 1 aliphatic heterocycles. The molecule has 1 heterocycles. The van der Waals surface area contributed by atoms with Gasteiger partial charge in [-0.15, -0.1) is 0 Å². The Hall–Kier alpha value is -1.29. The number of benzene rings is 1. The van der Waals surface area contributed by atoms with Crippen LogP contribution in [-0.2, 0) is 12.1 Å². The Morgan fingerprint density at radius 3 is 2.53 bits per heavy atom. The van der Waals surface area contributed by atoms with Gasteiger partial charge in [-0.25, -0.2) is 4.39 Å². The maximum absolute atomic E-state index is 13.1. The summed E-state index contributed by atoms with van der Waals surface area (Å²) in [5, 5.41) is 0. The van der Waals surface area contributed by atoms with Crippen LogP contribution in [0.15, 0.2) is 12.1 Å². The van der Waals surface area contributed by atoms with Gasteiger partial charge >= 0.3 is 0 Å². The predicted octanol–water partition coefficient (Wildman–Crippen LogP) is 2.26. The van der Waals surface area contributed by atoms with Crippen molar-refractivity contribution >= 4 is 0 Å². The highest BCUT2D eigenvalue weighted by Gasteiger charge is 2.49. The van der Waals surface area contributed by atoms with Crippen LogP contribution in [0, 0.1) is 0 Å². The molecule has 2 aliphatic rings. The van der Waals surface area contributed by atoms with E-state index in [0.717, 1.165) is 18.4 Å². The number of hydrogen-bond acceptors (Lipinski definition) is 3. The summed E-state index contributed by atoms with van der Waals surface area (Å²) in [5.74, 6) is 1.35. The van der Waals surface area contributed by atoms with Gasteiger partial charge in [-0.1, -0.05) is 0 Å². The average Bonchev–Trinajstić information content (AvgIpc) is 3.01. The molecule has 1 unspecified atom stereocenters. The number of alkyl halides is 1. The zero-order chi connectivity index (χ0) is 12.0. The molecule has 0 aromatic heterocycles. The second kappa shape index (κ2) is 3.60. The van der Waals surface area contributed by atoms with Crippen molar-refractivity contribution in [3.8, 4) is 11.5 Å². The molecule has 0 bridgehead atoms. The molecule has 1 aromatic rings. The molecule has 0 radical (unpaired) electrons. The summed E-state index contributed by atoms with van der Waals surface area (Å²) in [6, 6.07) is 3.70. The Kier molecular flexibility index (Phi) is 2.30. The summed E-state index contributed by atoms with van der Waals surface area (Å²) in [6.45, 7) is 1.72. The lowest BCUT2D eigenvalue weighted by atomic mass is 9.86. The average molecular weight is 237 g/mol. The molecular formula is C13H16FNO2. The van der Waals surface area contributed by atoms with E-state index in [1.165, 1.54) is 0 Å². The fraction of sp³-hybridized carbons (Fsp3) is 0.538. The van der Waals surface area contributed by atoms with E-state index in [4.69, 9.17) is 15.2 Å². The van der Waals surface area contributed by atoms with E-state index >= 15 is 0 Å². The van der Waals surface area contributed by atoms with E-state index in [1.807, 2.05) is 13.0 Å². The van der Waals surface area contributed by atoms with E-state index in [1.54, 1.807) is 6.07 Å². The summed E-state index contributed by atoms with van der Waals surface area (Å²) in [5.41, 5.74) is 7.67. The fourth-order valence-electron chi connectivity index (χ4n) is 2.66. The van der Waals surface area contributed by atoms with Crippen molar-refractivity contribution in [3.05, 3.63) is 23.3 Å². The van der Waals surface area contributed by atoms with Crippen molar-refractivity contribution in [2.75, 3.05) is 6.79 Å². The summed E-state index contributed by atoms with van der Waals surface area (Å²) >= 11 is 0. The number of hydrogen-bond donors (Lipinski definition) is 1. The largest absolute Gasteiger partial charge is 0.454 e. The quantitative estimate of drug-likeness (QED) is 0.877. The fourth-order valence-corrected chi connectivity index (χ4v) is 2.66. The number of nitrogens with two attached hydrogens (primary N) is 1. The summed E-state index contributed by atoms with van der Waals surface area (Å²) in [7, 11) is 0. The summed E-state index contributed by atoms with van der Waals surface area (Å²) in [6.07, 6.45) is 2.05. The third-order valence-electron chi connectivity index (χ3n) is 3.94. The van der Waals surface area contributed by atoms with Gasteiger partial charge < -0.3 is 15.2 Å². The molecule has 3 rings (SSSR count). The minimum atomic E-state index is -0.486. The number of fused-ring (bicyclic) bond motifs is 1. The molecule has 1 aromatic carbocycles. The van der Waals surface area contributed by atoms with Crippen molar-refractivity contribution in [1.29, 1.82) is 0 Å². The molecule has 2 N–H and O–H groups in total. The first-order chi connectivity index (χ1) is 8.17. The van der Waals surface area contributed by atoms with Crippen LogP contribution in [0.5, 0.6) is 11.5 Å². The minimum Gasteiger partial charge on any atom is -0.454 e. The molecule has 17 heavy (non-hydrogen) atoms. The summed E-state index contributed by atoms with van der Waals surface area (Å²) < 4.78 is 23.8. The Balaban J connectivity index is 2.10. The van der Waals surface area contributed by atoms with Crippen LogP contribution in [-0.4, -0.2) is 12.8 Å². The number of halogens is 1. The lowest BCUT2D eigenvalue weighted by Gasteiger charge is -2.22. The Morgan fingerprint density at radius 2 is 2.00 bits per heavy atom. The van der Waals surface area contributed by atoms with Crippen LogP contribution in [0.4, 0.5) is 4.39 Å². The van der Waals surface area contributed by atoms with E-state index in [9.17, 15) is 4.39 Å². The number of ether oxygens (including phenoxy) is 2. The Morgan fingerprint density at radius 1 is 1.35 bits per heavy atom. The van der Waals surface area contributed by atoms with Gasteiger partial charge in [0.05, 0.1) is 0 Å². The minimum absolute atomic E-state index is 0.0353. The van der Waals surface area contributed by atoms with Crippen molar-refractivity contribution in [2.45, 2.75) is 37.9 Å². The first-order valence-electron chi connectivity index (χ1n) is 5.92. The van der Waals surface area contributed by atoms with E-state index < -0.39 is 6.67 Å². The van der Waals surface area contributed by atoms with Gasteiger partial charge in [-0.2, -0.15) is 0 Å². The lowest BCUT2D eigenvalue weighted by Crippen LogP contribution is -2.32. The van der Waals surface area contributed by atoms with Gasteiger partial charge in [0.2, 0.25) is 6.79 Å². The molecule has 4 heteroatoms. The molecule has 92 valence electrons. The van der Waals surface area contributed by atoms with E-state index in [0.29, 0.717) is 17.1 Å². The topological polar surface area (TPSA) is 44.5 Å². The van der Waals surface area contributed by atoms with Gasteiger partial charge in [0, 0.05) is 11.5 Å². The van der Waals surface area contributed by atoms with Gasteiger partial charge in [-0.05, 0) is 43.0 Å². The first-order valence-corrected chi connectivity index (χ1v) is 5.92. The van der Waals surface area contributed by atoms with Gasteiger partial charge in [0.25, 0.3) is 0 Å². The molecule has 0 amide bonds. The van der Waals surface area contributed by atoms with Crippen molar-refractivity contribution < 1.29 is 13.9 Å². The van der Waals surface area contributed by atoms with Crippen LogP contribution in [0.1, 0.15) is 30.9 Å². The molecule has 1 aliphatic carbocycles. The van der Waals surface area contributed by atoms with Crippen molar-refractivity contribution in [2.24, 2.45) is 5.73 Å². The molecule has 0 saturated heterocycles. The Labute approximate surface area is 99.7 Å². The van der Waals surface area contributed by atoms with Gasteiger partial charge in [0.15, 0.2) is 11.5 Å². The molecular weight excluding hydrogens is 221 g/mol. The van der Waals surface area contributed by atoms with Crippen LogP contribution < -0.4 is 15.2 Å². The van der Waals surface area contributed by atoms with Crippen LogP contribution in [0.3, 0.4) is 0 Å².